The van der Waals surface area contributed by atoms with Gasteiger partial charge in [-0.3, -0.25) is 4.79 Å². The van der Waals surface area contributed by atoms with Gasteiger partial charge in [0.1, 0.15) is 18.3 Å². The highest BCUT2D eigenvalue weighted by Gasteiger charge is 2.11. The summed E-state index contributed by atoms with van der Waals surface area (Å²) in [5, 5.41) is 25.9. The number of quaternary nitrogens is 1. The van der Waals surface area contributed by atoms with E-state index in [-0.39, 0.29) is 18.8 Å². The molecule has 1 aromatic rings. The lowest BCUT2D eigenvalue weighted by Gasteiger charge is -2.21. The number of phenols is 1. The van der Waals surface area contributed by atoms with Gasteiger partial charge in [0.2, 0.25) is 0 Å². The van der Waals surface area contributed by atoms with Gasteiger partial charge in [-0.2, -0.15) is 0 Å². The third-order valence-corrected chi connectivity index (χ3v) is 2.48. The summed E-state index contributed by atoms with van der Waals surface area (Å²) in [4.78, 5) is 10.4. The third kappa shape index (κ3) is 9.32. The fourth-order valence-electron chi connectivity index (χ4n) is 1.27. The summed E-state index contributed by atoms with van der Waals surface area (Å²) in [5.74, 6) is -0.860. The Kier molecular flexibility index (Phi) is 7.83. The summed E-state index contributed by atoms with van der Waals surface area (Å²) in [5.41, 5.74) is 6.12. The van der Waals surface area contributed by atoms with Crippen molar-refractivity contribution in [1.29, 1.82) is 0 Å². The Morgan fingerprint density at radius 1 is 1.25 bits per heavy atom. The minimum atomic E-state index is -1.02. The van der Waals surface area contributed by atoms with Crippen LogP contribution in [0.3, 0.4) is 0 Å². The number of aromatic hydroxyl groups is 1. The number of carboxylic acids is 1. The van der Waals surface area contributed by atoms with Gasteiger partial charge >= 0.3 is 5.97 Å². The van der Waals surface area contributed by atoms with Crippen LogP contribution in [0.2, 0.25) is 0 Å². The Bertz CT molecular complexity index is 399. The maximum atomic E-state index is 10.4. The Balaban J connectivity index is 0.000000441. The van der Waals surface area contributed by atoms with Crippen LogP contribution in [0.25, 0.3) is 0 Å². The zero-order valence-corrected chi connectivity index (χ0v) is 12.3. The van der Waals surface area contributed by atoms with Gasteiger partial charge in [-0.05, 0) is 24.1 Å². The largest absolute Gasteiger partial charge is 0.508 e. The molecule has 0 amide bonds. The number of benzene rings is 1. The molecular weight excluding hydrogens is 260 g/mol. The monoisotopic (exact) mass is 285 g/mol. The number of aliphatic carboxylic acids is 1. The summed E-state index contributed by atoms with van der Waals surface area (Å²) in [6.07, 6.45) is 0.273. The third-order valence-electron chi connectivity index (χ3n) is 2.48. The van der Waals surface area contributed by atoms with E-state index in [1.807, 2.05) is 0 Å². The second-order valence-corrected chi connectivity index (χ2v) is 5.55. The number of hydrogen-bond acceptors (Lipinski definition) is 4. The summed E-state index contributed by atoms with van der Waals surface area (Å²) in [7, 11) is 6.16. The number of aliphatic hydroxyl groups excluding tert-OH is 1. The van der Waals surface area contributed by atoms with Crippen molar-refractivity contribution in [1.82, 2.24) is 0 Å². The topological polar surface area (TPSA) is 104 Å². The second-order valence-electron chi connectivity index (χ2n) is 5.55. The molecule has 1 rings (SSSR count). The summed E-state index contributed by atoms with van der Waals surface area (Å²) in [6, 6.07) is 5.42. The Morgan fingerprint density at radius 3 is 2.05 bits per heavy atom. The zero-order valence-electron chi connectivity index (χ0n) is 12.3. The molecule has 0 fully saturated rings. The summed E-state index contributed by atoms with van der Waals surface area (Å²) in [6.45, 7) is 1.11. The minimum Gasteiger partial charge on any atom is -0.508 e. The van der Waals surface area contributed by atoms with Crippen LogP contribution in [0.1, 0.15) is 5.56 Å². The predicted molar refractivity (Wildman–Crippen MR) is 77.4 cm³/mol. The van der Waals surface area contributed by atoms with E-state index in [1.54, 1.807) is 12.1 Å². The van der Waals surface area contributed by atoms with E-state index < -0.39 is 12.0 Å². The first-order valence-electron chi connectivity index (χ1n) is 6.33. The molecule has 0 heterocycles. The normalized spacial score (nSPS) is 12.2. The number of carbonyl (C=O) groups is 1. The van der Waals surface area contributed by atoms with E-state index >= 15 is 0 Å². The first-order valence-corrected chi connectivity index (χ1v) is 6.33. The number of phenolic OH excluding ortho intramolecular Hbond substituents is 1. The van der Waals surface area contributed by atoms with Gasteiger partial charge in [-0.15, -0.1) is 0 Å². The highest BCUT2D eigenvalue weighted by Crippen LogP contribution is 2.10. The first kappa shape index (κ1) is 18.4. The molecular formula is C14H25N2O4+. The van der Waals surface area contributed by atoms with Gasteiger partial charge in [0.25, 0.3) is 0 Å². The Hall–Kier alpha value is -1.63. The molecule has 1 atom stereocenters. The summed E-state index contributed by atoms with van der Waals surface area (Å²) < 4.78 is 0.844. The van der Waals surface area contributed by atoms with Gasteiger partial charge < -0.3 is 25.5 Å². The van der Waals surface area contributed by atoms with Crippen LogP contribution in [-0.4, -0.2) is 66.1 Å². The Morgan fingerprint density at radius 2 is 1.75 bits per heavy atom. The number of rotatable bonds is 5. The molecule has 5 N–H and O–H groups in total. The molecule has 20 heavy (non-hydrogen) atoms. The van der Waals surface area contributed by atoms with Gasteiger partial charge in [0, 0.05) is 0 Å². The molecule has 114 valence electrons. The highest BCUT2D eigenvalue weighted by molar-refractivity contribution is 5.73. The van der Waals surface area contributed by atoms with Crippen molar-refractivity contribution in [2.24, 2.45) is 5.73 Å². The van der Waals surface area contributed by atoms with Gasteiger partial charge in [0.05, 0.1) is 27.7 Å². The molecule has 0 aliphatic rings. The molecule has 1 aromatic carbocycles. The molecule has 0 saturated heterocycles. The van der Waals surface area contributed by atoms with Gasteiger partial charge in [0.15, 0.2) is 0 Å². The molecule has 0 radical (unpaired) electrons. The van der Waals surface area contributed by atoms with Crippen LogP contribution >= 0.6 is 0 Å². The van der Waals surface area contributed by atoms with Crippen molar-refractivity contribution < 1.29 is 24.6 Å². The van der Waals surface area contributed by atoms with E-state index in [2.05, 4.69) is 21.1 Å². The smallest absolute Gasteiger partial charge is 0.320 e. The number of hydrogen-bond donors (Lipinski definition) is 4. The van der Waals surface area contributed by atoms with Crippen molar-refractivity contribution in [3.8, 4) is 5.75 Å². The average Bonchev–Trinajstić information content (AvgIpc) is 2.31. The lowest BCUT2D eigenvalue weighted by atomic mass is 10.1. The molecule has 1 unspecified atom stereocenters. The maximum Gasteiger partial charge on any atom is 0.320 e. The maximum absolute atomic E-state index is 10.4. The van der Waals surface area contributed by atoms with Crippen LogP contribution in [0.15, 0.2) is 24.3 Å². The fraction of sp³-hybridized carbons (Fsp3) is 0.500. The first-order chi connectivity index (χ1) is 9.15. The molecule has 0 saturated carbocycles. The molecule has 0 spiro atoms. The molecule has 0 aliphatic carbocycles. The standard InChI is InChI=1S/C9H11NO3.C5H14NO/c10-8(9(12)13)5-6-1-3-7(11)4-2-6;1-6(2,3)4-5-7/h1-4,8,11H,5,10H2,(H,12,13);7H,4-5H2,1-3H3/q;+1. The van der Waals surface area contributed by atoms with Crippen LogP contribution in [0.5, 0.6) is 5.75 Å². The van der Waals surface area contributed by atoms with Crippen LogP contribution in [0.4, 0.5) is 0 Å². The number of likely N-dealkylation sites (N-methyl/N-ethyl adjacent to an activating group) is 1. The molecule has 6 heteroatoms. The second kappa shape index (κ2) is 8.52. The quantitative estimate of drug-likeness (QED) is 0.572. The van der Waals surface area contributed by atoms with Crippen molar-refractivity contribution in [2.45, 2.75) is 12.5 Å². The zero-order chi connectivity index (χ0) is 15.8. The van der Waals surface area contributed by atoms with E-state index in [4.69, 9.17) is 21.1 Å². The lowest BCUT2D eigenvalue weighted by Crippen LogP contribution is -2.36. The van der Waals surface area contributed by atoms with Gasteiger partial charge in [-0.1, -0.05) is 12.1 Å². The average molecular weight is 285 g/mol. The van der Waals surface area contributed by atoms with E-state index in [1.165, 1.54) is 12.1 Å². The molecule has 0 aliphatic heterocycles. The van der Waals surface area contributed by atoms with Gasteiger partial charge in [-0.25, -0.2) is 0 Å². The van der Waals surface area contributed by atoms with Crippen LogP contribution in [0, 0.1) is 0 Å². The van der Waals surface area contributed by atoms with Crippen molar-refractivity contribution in [3.05, 3.63) is 29.8 Å². The van der Waals surface area contributed by atoms with Crippen LogP contribution < -0.4 is 5.73 Å². The summed E-state index contributed by atoms with van der Waals surface area (Å²) >= 11 is 0. The van der Waals surface area contributed by atoms with E-state index in [0.29, 0.717) is 0 Å². The Labute approximate surface area is 119 Å². The number of carboxylic acid groups (broad SMARTS) is 1. The minimum absolute atomic E-state index is 0.160. The SMILES string of the molecule is C[N+](C)(C)CCO.NC(Cc1ccc(O)cc1)C(=O)O. The fourth-order valence-corrected chi connectivity index (χ4v) is 1.27. The van der Waals surface area contributed by atoms with E-state index in [9.17, 15) is 4.79 Å². The number of aliphatic hydroxyl groups is 1. The van der Waals surface area contributed by atoms with E-state index in [0.717, 1.165) is 16.6 Å². The molecule has 0 aromatic heterocycles. The van der Waals surface area contributed by atoms with Crippen molar-refractivity contribution >= 4 is 5.97 Å². The molecule has 6 nitrogen and oxygen atoms in total. The van der Waals surface area contributed by atoms with Crippen LogP contribution in [-0.2, 0) is 11.2 Å². The number of nitrogens with zero attached hydrogens (tertiary/aromatic N) is 1. The molecule has 0 bridgehead atoms. The van der Waals surface area contributed by atoms with Crippen molar-refractivity contribution in [3.63, 3.8) is 0 Å². The van der Waals surface area contributed by atoms with Crippen molar-refractivity contribution in [2.75, 3.05) is 34.3 Å². The highest BCUT2D eigenvalue weighted by atomic mass is 16.4. The predicted octanol–water partition coefficient (Wildman–Crippen LogP) is 0.0315. The lowest BCUT2D eigenvalue weighted by molar-refractivity contribution is -0.870. The number of nitrogens with two attached hydrogens (primary N) is 1.